The largest absolute Gasteiger partial charge is 0.457 e. The fourth-order valence-electron chi connectivity index (χ4n) is 4.85. The summed E-state index contributed by atoms with van der Waals surface area (Å²) in [4.78, 5) is 0. The highest BCUT2D eigenvalue weighted by molar-refractivity contribution is 5.34. The number of hydrogen-bond donors (Lipinski definition) is 8. The van der Waals surface area contributed by atoms with Gasteiger partial charge in [-0.3, -0.25) is 0 Å². The second-order valence-electron chi connectivity index (χ2n) is 10.0. The Morgan fingerprint density at radius 3 is 1.24 bits per heavy atom. The van der Waals surface area contributed by atoms with Crippen LogP contribution in [-0.4, -0.2) is 81.2 Å². The van der Waals surface area contributed by atoms with Crippen molar-refractivity contribution < 1.29 is 34.6 Å². The molecule has 2 saturated carbocycles. The molecule has 0 unspecified atom stereocenters. The molecule has 0 aliphatic heterocycles. The van der Waals surface area contributed by atoms with Gasteiger partial charge in [0.2, 0.25) is 0 Å². The lowest BCUT2D eigenvalue weighted by Gasteiger charge is -2.39. The molecule has 0 saturated heterocycles. The molecule has 2 aliphatic rings. The summed E-state index contributed by atoms with van der Waals surface area (Å²) in [5.41, 5.74) is 25.4. The predicted octanol–water partition coefficient (Wildman–Crippen LogP) is -1.19. The molecule has 4 rings (SSSR count). The standard InChI is InChI=1S/C26H38N4O7/c27-17-9-19(29)25(23(33)21(17)31)35-11-13-1-5-15(6-2-13)37-16-7-3-14(4-8-16)12-36-26-20(30)10-18(28)22(32)24(26)34/h1-8,17-26,31-34H,9-12,27-30H2/t17-,18-,19+,20+,21+,22+,23-,24-,25-,26-/m1/s1. The lowest BCUT2D eigenvalue weighted by atomic mass is 9.85. The number of rotatable bonds is 8. The zero-order chi connectivity index (χ0) is 26.7. The van der Waals surface area contributed by atoms with Crippen LogP contribution in [0.25, 0.3) is 0 Å². The lowest BCUT2D eigenvalue weighted by molar-refractivity contribution is -0.131. The first kappa shape index (κ1) is 27.9. The van der Waals surface area contributed by atoms with Crippen LogP contribution in [0.3, 0.4) is 0 Å². The Morgan fingerprint density at radius 2 is 0.892 bits per heavy atom. The van der Waals surface area contributed by atoms with Crippen LogP contribution in [0.2, 0.25) is 0 Å². The first-order chi connectivity index (χ1) is 17.6. The summed E-state index contributed by atoms with van der Waals surface area (Å²) in [6.07, 6.45) is -5.07. The van der Waals surface area contributed by atoms with Gasteiger partial charge >= 0.3 is 0 Å². The zero-order valence-corrected chi connectivity index (χ0v) is 20.5. The molecule has 2 fully saturated rings. The van der Waals surface area contributed by atoms with Gasteiger partial charge in [-0.1, -0.05) is 24.3 Å². The number of ether oxygens (including phenoxy) is 3. The zero-order valence-electron chi connectivity index (χ0n) is 20.5. The molecule has 2 aromatic carbocycles. The third kappa shape index (κ3) is 6.65. The van der Waals surface area contributed by atoms with E-state index in [1.807, 2.05) is 24.3 Å². The average Bonchev–Trinajstić information content (AvgIpc) is 2.88. The van der Waals surface area contributed by atoms with E-state index in [4.69, 9.17) is 37.1 Å². The van der Waals surface area contributed by atoms with Gasteiger partial charge in [-0.05, 0) is 48.2 Å². The summed E-state index contributed by atoms with van der Waals surface area (Å²) in [7, 11) is 0. The van der Waals surface area contributed by atoms with E-state index >= 15 is 0 Å². The Balaban J connectivity index is 1.26. The van der Waals surface area contributed by atoms with Crippen molar-refractivity contribution in [2.45, 2.75) is 86.8 Å². The van der Waals surface area contributed by atoms with E-state index in [2.05, 4.69) is 0 Å². The number of hydrogen-bond acceptors (Lipinski definition) is 11. The van der Waals surface area contributed by atoms with Crippen LogP contribution in [0, 0.1) is 0 Å². The molecule has 12 N–H and O–H groups in total. The van der Waals surface area contributed by atoms with E-state index in [0.29, 0.717) is 24.3 Å². The van der Waals surface area contributed by atoms with Crippen molar-refractivity contribution in [3.05, 3.63) is 59.7 Å². The molecular weight excluding hydrogens is 480 g/mol. The quantitative estimate of drug-likeness (QED) is 0.208. The van der Waals surface area contributed by atoms with Crippen LogP contribution in [0.15, 0.2) is 48.5 Å². The van der Waals surface area contributed by atoms with Crippen LogP contribution >= 0.6 is 0 Å². The van der Waals surface area contributed by atoms with E-state index in [9.17, 15) is 20.4 Å². The monoisotopic (exact) mass is 518 g/mol. The highest BCUT2D eigenvalue weighted by atomic mass is 16.5. The molecule has 11 nitrogen and oxygen atoms in total. The number of aliphatic hydroxyl groups excluding tert-OH is 4. The normalized spacial score (nSPS) is 36.3. The summed E-state index contributed by atoms with van der Waals surface area (Å²) in [5, 5.41) is 40.4. The highest BCUT2D eigenvalue weighted by Gasteiger charge is 2.42. The number of aliphatic hydroxyl groups is 4. The van der Waals surface area contributed by atoms with E-state index in [1.165, 1.54) is 0 Å². The fraction of sp³-hybridized carbons (Fsp3) is 0.538. The highest BCUT2D eigenvalue weighted by Crippen LogP contribution is 2.26. The van der Waals surface area contributed by atoms with Gasteiger partial charge in [0.1, 0.15) is 35.9 Å². The second kappa shape index (κ2) is 12.1. The van der Waals surface area contributed by atoms with Gasteiger partial charge in [-0.15, -0.1) is 0 Å². The van der Waals surface area contributed by atoms with Crippen molar-refractivity contribution in [3.63, 3.8) is 0 Å². The predicted molar refractivity (Wildman–Crippen MR) is 135 cm³/mol. The first-order valence-electron chi connectivity index (χ1n) is 12.5. The van der Waals surface area contributed by atoms with Crippen molar-refractivity contribution in [1.82, 2.24) is 0 Å². The Labute approximate surface area is 215 Å². The van der Waals surface area contributed by atoms with Gasteiger partial charge in [-0.2, -0.15) is 0 Å². The van der Waals surface area contributed by atoms with Gasteiger partial charge in [0.25, 0.3) is 0 Å². The first-order valence-corrected chi connectivity index (χ1v) is 12.5. The average molecular weight is 519 g/mol. The summed E-state index contributed by atoms with van der Waals surface area (Å²) >= 11 is 0. The minimum absolute atomic E-state index is 0.217. The van der Waals surface area contributed by atoms with Crippen LogP contribution < -0.4 is 27.7 Å². The summed E-state index contributed by atoms with van der Waals surface area (Å²) in [5.74, 6) is 1.26. The minimum Gasteiger partial charge on any atom is -0.457 e. The van der Waals surface area contributed by atoms with E-state index in [0.717, 1.165) is 11.1 Å². The van der Waals surface area contributed by atoms with Gasteiger partial charge in [-0.25, -0.2) is 0 Å². The third-order valence-corrected chi connectivity index (χ3v) is 7.15. The van der Waals surface area contributed by atoms with Gasteiger partial charge in [0, 0.05) is 24.2 Å². The molecule has 204 valence electrons. The molecule has 0 radical (unpaired) electrons. The Kier molecular flexibility index (Phi) is 9.14. The second-order valence-corrected chi connectivity index (χ2v) is 10.0. The molecule has 11 heteroatoms. The molecule has 0 amide bonds. The Hall–Kier alpha value is -2.16. The Bertz CT molecular complexity index is 916. The maximum absolute atomic E-state index is 10.2. The lowest BCUT2D eigenvalue weighted by Crippen LogP contribution is -2.61. The minimum atomic E-state index is -1.14. The molecule has 2 aromatic rings. The van der Waals surface area contributed by atoms with Gasteiger partial charge in [0.05, 0.1) is 25.4 Å². The van der Waals surface area contributed by atoms with E-state index in [-0.39, 0.29) is 13.2 Å². The van der Waals surface area contributed by atoms with E-state index in [1.54, 1.807) is 24.3 Å². The maximum Gasteiger partial charge on any atom is 0.127 e. The molecule has 2 aliphatic carbocycles. The van der Waals surface area contributed by atoms with Crippen molar-refractivity contribution in [2.75, 3.05) is 0 Å². The number of benzene rings is 2. The smallest absolute Gasteiger partial charge is 0.127 e. The Morgan fingerprint density at radius 1 is 0.541 bits per heavy atom. The van der Waals surface area contributed by atoms with Crippen molar-refractivity contribution in [2.24, 2.45) is 22.9 Å². The van der Waals surface area contributed by atoms with Crippen LogP contribution in [0.5, 0.6) is 11.5 Å². The molecule has 0 aromatic heterocycles. The maximum atomic E-state index is 10.2. The van der Waals surface area contributed by atoms with Gasteiger partial charge < -0.3 is 57.6 Å². The van der Waals surface area contributed by atoms with Crippen molar-refractivity contribution >= 4 is 0 Å². The van der Waals surface area contributed by atoms with E-state index < -0.39 is 60.8 Å². The molecule has 0 spiro atoms. The summed E-state index contributed by atoms with van der Waals surface area (Å²) in [6, 6.07) is 12.5. The molecule has 37 heavy (non-hydrogen) atoms. The summed E-state index contributed by atoms with van der Waals surface area (Å²) in [6.45, 7) is 0.434. The SMILES string of the molecule is N[C@@H]1C[C@H](N)[C@@H](OCc2ccc(Oc3ccc(CO[C@H]4[C@H](O)[C@@H](O)[C@H](N)C[C@@H]4N)cc3)cc2)[C@H](O)[C@H]1O. The molecule has 10 atom stereocenters. The fourth-order valence-corrected chi connectivity index (χ4v) is 4.85. The van der Waals surface area contributed by atoms with Gasteiger partial charge in [0.15, 0.2) is 0 Å². The molecular formula is C26H38N4O7. The van der Waals surface area contributed by atoms with Crippen LogP contribution in [0.1, 0.15) is 24.0 Å². The number of nitrogens with two attached hydrogens (primary N) is 4. The topological polar surface area (TPSA) is 213 Å². The third-order valence-electron chi connectivity index (χ3n) is 7.15. The summed E-state index contributed by atoms with van der Waals surface area (Å²) < 4.78 is 17.5. The van der Waals surface area contributed by atoms with Crippen LogP contribution in [-0.2, 0) is 22.7 Å². The van der Waals surface area contributed by atoms with Crippen LogP contribution in [0.4, 0.5) is 0 Å². The molecule has 0 bridgehead atoms. The molecule has 0 heterocycles. The van der Waals surface area contributed by atoms with Crippen molar-refractivity contribution in [1.29, 1.82) is 0 Å². The van der Waals surface area contributed by atoms with Crippen molar-refractivity contribution in [3.8, 4) is 11.5 Å².